The summed E-state index contributed by atoms with van der Waals surface area (Å²) in [7, 11) is 0. The maximum absolute atomic E-state index is 13.4. The molecule has 3 aromatic rings. The molecule has 26 heavy (non-hydrogen) atoms. The third kappa shape index (κ3) is 3.00. The van der Waals surface area contributed by atoms with E-state index in [2.05, 4.69) is 0 Å². The van der Waals surface area contributed by atoms with Crippen molar-refractivity contribution in [3.63, 3.8) is 0 Å². The van der Waals surface area contributed by atoms with Crippen molar-refractivity contribution in [1.82, 2.24) is 0 Å². The van der Waals surface area contributed by atoms with Gasteiger partial charge in [-0.3, -0.25) is 5.01 Å². The molecule has 1 N–H and O–H groups in total. The fraction of sp³-hybridized carbons (Fsp3) is 0.136. The summed E-state index contributed by atoms with van der Waals surface area (Å²) >= 11 is 0. The predicted molar refractivity (Wildman–Crippen MR) is 102 cm³/mol. The van der Waals surface area contributed by atoms with Crippen molar-refractivity contribution in [1.29, 1.82) is 0 Å². The van der Waals surface area contributed by atoms with Crippen LogP contribution in [0.2, 0.25) is 0 Å². The van der Waals surface area contributed by atoms with Crippen molar-refractivity contribution in [3.8, 4) is 0 Å². The minimum atomic E-state index is -0.276. The Kier molecular flexibility index (Phi) is 4.50. The van der Waals surface area contributed by atoms with Crippen molar-refractivity contribution < 1.29 is 9.50 Å². The Balaban J connectivity index is 1.84. The standard InChI is InChI=1S/C22H19FN2O/c23-18-13-11-17(12-14-18)22-21(16-7-3-1-4-8-16)20(15-26)25(24-22)19-9-5-2-6-10-19/h1-14,20-21,26H,15H2/t20-,21-/m1/s1. The Labute approximate surface area is 152 Å². The van der Waals surface area contributed by atoms with Crippen LogP contribution in [0.3, 0.4) is 0 Å². The molecular formula is C22H19FN2O. The van der Waals surface area contributed by atoms with Crippen molar-refractivity contribution in [2.75, 3.05) is 11.6 Å². The van der Waals surface area contributed by atoms with Crippen LogP contribution in [-0.2, 0) is 0 Å². The first-order valence-corrected chi connectivity index (χ1v) is 8.62. The molecule has 3 nitrogen and oxygen atoms in total. The van der Waals surface area contributed by atoms with Crippen LogP contribution in [-0.4, -0.2) is 23.5 Å². The van der Waals surface area contributed by atoms with Gasteiger partial charge in [-0.2, -0.15) is 5.10 Å². The quantitative estimate of drug-likeness (QED) is 0.769. The lowest BCUT2D eigenvalue weighted by Crippen LogP contribution is -2.35. The minimum Gasteiger partial charge on any atom is -0.394 e. The Bertz CT molecular complexity index is 894. The average Bonchev–Trinajstić information content (AvgIpc) is 3.09. The van der Waals surface area contributed by atoms with Crippen molar-refractivity contribution >= 4 is 11.4 Å². The normalized spacial score (nSPS) is 19.5. The number of aliphatic hydroxyl groups excluding tert-OH is 1. The lowest BCUT2D eigenvalue weighted by atomic mass is 9.85. The number of nitrogens with zero attached hydrogens (tertiary/aromatic N) is 2. The van der Waals surface area contributed by atoms with Crippen LogP contribution >= 0.6 is 0 Å². The molecule has 1 heterocycles. The summed E-state index contributed by atoms with van der Waals surface area (Å²) in [5, 5.41) is 16.9. The van der Waals surface area contributed by atoms with Crippen molar-refractivity contribution in [2.45, 2.75) is 12.0 Å². The number of hydrogen-bond acceptors (Lipinski definition) is 3. The first-order valence-electron chi connectivity index (χ1n) is 8.62. The molecule has 0 amide bonds. The fourth-order valence-corrected chi connectivity index (χ4v) is 3.49. The summed E-state index contributed by atoms with van der Waals surface area (Å²) in [6.45, 7) is -0.0390. The lowest BCUT2D eigenvalue weighted by molar-refractivity contribution is 0.259. The van der Waals surface area contributed by atoms with Gasteiger partial charge in [0.25, 0.3) is 0 Å². The highest BCUT2D eigenvalue weighted by Gasteiger charge is 2.39. The second kappa shape index (κ2) is 7.10. The third-order valence-electron chi connectivity index (χ3n) is 4.72. The number of halogens is 1. The van der Waals surface area contributed by atoms with Gasteiger partial charge in [0.15, 0.2) is 0 Å². The molecule has 0 fully saturated rings. The first kappa shape index (κ1) is 16.5. The topological polar surface area (TPSA) is 35.8 Å². The van der Waals surface area contributed by atoms with E-state index >= 15 is 0 Å². The molecule has 0 spiro atoms. The summed E-state index contributed by atoms with van der Waals surface area (Å²) in [5.41, 5.74) is 3.69. The largest absolute Gasteiger partial charge is 0.394 e. The van der Waals surface area contributed by atoms with Gasteiger partial charge in [0, 0.05) is 0 Å². The molecule has 0 saturated carbocycles. The Morgan fingerprint density at radius 3 is 2.08 bits per heavy atom. The van der Waals surface area contributed by atoms with Crippen LogP contribution in [0.1, 0.15) is 17.0 Å². The van der Waals surface area contributed by atoms with E-state index < -0.39 is 0 Å². The number of anilines is 1. The molecule has 1 aliphatic rings. The SMILES string of the molecule is OC[C@@H]1[C@@H](c2ccccc2)C(c2ccc(F)cc2)=NN1c1ccccc1. The molecule has 4 heteroatoms. The molecule has 1 aliphatic heterocycles. The zero-order valence-electron chi connectivity index (χ0n) is 14.2. The monoisotopic (exact) mass is 346 g/mol. The minimum absolute atomic E-state index is 0.0390. The summed E-state index contributed by atoms with van der Waals surface area (Å²) in [5.74, 6) is -0.380. The predicted octanol–water partition coefficient (Wildman–Crippen LogP) is 4.19. The van der Waals surface area contributed by atoms with Gasteiger partial charge < -0.3 is 5.11 Å². The summed E-state index contributed by atoms with van der Waals surface area (Å²) < 4.78 is 13.4. The van der Waals surface area contributed by atoms with Gasteiger partial charge >= 0.3 is 0 Å². The van der Waals surface area contributed by atoms with Gasteiger partial charge in [-0.05, 0) is 35.4 Å². The molecule has 130 valence electrons. The molecule has 0 bridgehead atoms. The smallest absolute Gasteiger partial charge is 0.123 e. The Morgan fingerprint density at radius 2 is 1.46 bits per heavy atom. The molecular weight excluding hydrogens is 327 g/mol. The third-order valence-corrected chi connectivity index (χ3v) is 4.72. The molecule has 0 aromatic heterocycles. The maximum Gasteiger partial charge on any atom is 0.123 e. The number of aliphatic hydroxyl groups is 1. The van der Waals surface area contributed by atoms with Crippen LogP contribution < -0.4 is 5.01 Å². The van der Waals surface area contributed by atoms with E-state index in [0.29, 0.717) is 0 Å². The van der Waals surface area contributed by atoms with Crippen LogP contribution in [0.15, 0.2) is 90.0 Å². The Hall–Kier alpha value is -2.98. The average molecular weight is 346 g/mol. The highest BCUT2D eigenvalue weighted by molar-refractivity contribution is 6.08. The van der Waals surface area contributed by atoms with E-state index in [1.807, 2.05) is 65.7 Å². The van der Waals surface area contributed by atoms with E-state index in [-0.39, 0.29) is 24.4 Å². The van der Waals surface area contributed by atoms with Crippen LogP contribution in [0, 0.1) is 5.82 Å². The summed E-state index contributed by atoms with van der Waals surface area (Å²) in [4.78, 5) is 0. The molecule has 0 aliphatic carbocycles. The van der Waals surface area contributed by atoms with Gasteiger partial charge in [0.1, 0.15) is 5.82 Å². The molecule has 0 saturated heterocycles. The summed E-state index contributed by atoms with van der Waals surface area (Å²) in [6.07, 6.45) is 0. The highest BCUT2D eigenvalue weighted by atomic mass is 19.1. The lowest BCUT2D eigenvalue weighted by Gasteiger charge is -2.26. The number of hydrazone groups is 1. The van der Waals surface area contributed by atoms with Gasteiger partial charge in [-0.25, -0.2) is 4.39 Å². The highest BCUT2D eigenvalue weighted by Crippen LogP contribution is 2.36. The zero-order chi connectivity index (χ0) is 17.9. The summed E-state index contributed by atoms with van der Waals surface area (Å²) in [6, 6.07) is 26.0. The molecule has 0 radical (unpaired) electrons. The Morgan fingerprint density at radius 1 is 0.846 bits per heavy atom. The van der Waals surface area contributed by atoms with E-state index in [1.165, 1.54) is 12.1 Å². The van der Waals surface area contributed by atoms with E-state index in [0.717, 1.165) is 22.5 Å². The van der Waals surface area contributed by atoms with Gasteiger partial charge in [0.2, 0.25) is 0 Å². The van der Waals surface area contributed by atoms with E-state index in [1.54, 1.807) is 12.1 Å². The van der Waals surface area contributed by atoms with Crippen LogP contribution in [0.4, 0.5) is 10.1 Å². The molecule has 2 atom stereocenters. The number of hydrogen-bond donors (Lipinski definition) is 1. The van der Waals surface area contributed by atoms with Crippen LogP contribution in [0.25, 0.3) is 0 Å². The molecule has 0 unspecified atom stereocenters. The second-order valence-electron chi connectivity index (χ2n) is 6.31. The number of rotatable bonds is 4. The second-order valence-corrected chi connectivity index (χ2v) is 6.31. The molecule has 3 aromatic carbocycles. The zero-order valence-corrected chi connectivity index (χ0v) is 14.2. The number of benzene rings is 3. The van der Waals surface area contributed by atoms with Gasteiger partial charge in [0.05, 0.1) is 30.0 Å². The number of para-hydroxylation sites is 1. The molecule has 4 rings (SSSR count). The van der Waals surface area contributed by atoms with Crippen molar-refractivity contribution in [3.05, 3.63) is 102 Å². The maximum atomic E-state index is 13.4. The van der Waals surface area contributed by atoms with E-state index in [4.69, 9.17) is 5.10 Å². The van der Waals surface area contributed by atoms with Gasteiger partial charge in [-0.1, -0.05) is 60.7 Å². The fourth-order valence-electron chi connectivity index (χ4n) is 3.49. The first-order chi connectivity index (χ1) is 12.8. The van der Waals surface area contributed by atoms with E-state index in [9.17, 15) is 9.50 Å². The van der Waals surface area contributed by atoms with Gasteiger partial charge in [-0.15, -0.1) is 0 Å². The van der Waals surface area contributed by atoms with Crippen LogP contribution in [0.5, 0.6) is 0 Å². The van der Waals surface area contributed by atoms with Crippen molar-refractivity contribution in [2.24, 2.45) is 5.10 Å².